The number of nitrogens with zero attached hydrogens (tertiary/aromatic N) is 2. The number of methoxy groups -OCH3 is 1. The molecule has 1 aliphatic heterocycles. The number of hydrogen-bond acceptors (Lipinski definition) is 5. The molecule has 0 spiro atoms. The molecule has 2 N–H and O–H groups in total. The van der Waals surface area contributed by atoms with E-state index in [-0.39, 0.29) is 11.5 Å². The zero-order valence-electron chi connectivity index (χ0n) is 19.4. The Hall–Kier alpha value is -3.53. The quantitative estimate of drug-likeness (QED) is 0.545. The molecule has 0 bridgehead atoms. The maximum absolute atomic E-state index is 13.6. The van der Waals surface area contributed by atoms with Gasteiger partial charge in [0.1, 0.15) is 11.3 Å². The Balaban J connectivity index is 1.65. The van der Waals surface area contributed by atoms with Gasteiger partial charge in [0.2, 0.25) is 5.88 Å². The van der Waals surface area contributed by atoms with Crippen LogP contribution in [-0.4, -0.2) is 47.7 Å². The number of amides is 1. The summed E-state index contributed by atoms with van der Waals surface area (Å²) in [5.41, 5.74) is 8.27. The van der Waals surface area contributed by atoms with Gasteiger partial charge in [-0.25, -0.2) is 4.79 Å². The third-order valence-corrected chi connectivity index (χ3v) is 6.43. The van der Waals surface area contributed by atoms with Gasteiger partial charge in [0.05, 0.1) is 12.6 Å². The second-order valence-corrected chi connectivity index (χ2v) is 8.53. The van der Waals surface area contributed by atoms with Gasteiger partial charge in [0.15, 0.2) is 0 Å². The Morgan fingerprint density at radius 2 is 1.83 bits per heavy atom. The molecule has 7 nitrogen and oxygen atoms in total. The third kappa shape index (κ3) is 4.84. The molecule has 0 atom stereocenters. The summed E-state index contributed by atoms with van der Waals surface area (Å²) in [6, 6.07) is 12.8. The number of aromatic nitrogens is 1. The Morgan fingerprint density at radius 1 is 1.11 bits per heavy atom. The summed E-state index contributed by atoms with van der Waals surface area (Å²) in [5.74, 6) is -2.67. The summed E-state index contributed by atoms with van der Waals surface area (Å²) in [7, 11) is 2.89. The van der Waals surface area contributed by atoms with E-state index in [1.807, 2.05) is 18.2 Å². The van der Waals surface area contributed by atoms with Crippen molar-refractivity contribution in [2.75, 3.05) is 20.2 Å². The van der Waals surface area contributed by atoms with E-state index in [1.165, 1.54) is 18.7 Å². The average molecular weight is 489 g/mol. The predicted molar refractivity (Wildman–Crippen MR) is 123 cm³/mol. The van der Waals surface area contributed by atoms with Crippen LogP contribution in [-0.2, 0) is 18.4 Å². The maximum atomic E-state index is 13.6. The van der Waals surface area contributed by atoms with Gasteiger partial charge in [-0.15, -0.1) is 0 Å². The molecule has 10 heteroatoms. The van der Waals surface area contributed by atoms with Gasteiger partial charge in [-0.1, -0.05) is 24.3 Å². The maximum Gasteiger partial charge on any atom is 0.491 e. The molecule has 35 heavy (non-hydrogen) atoms. The van der Waals surface area contributed by atoms with Crippen molar-refractivity contribution in [2.24, 2.45) is 12.8 Å². The zero-order valence-corrected chi connectivity index (χ0v) is 19.4. The molecule has 1 amide bonds. The highest BCUT2D eigenvalue weighted by Crippen LogP contribution is 2.37. The van der Waals surface area contributed by atoms with Gasteiger partial charge in [0.25, 0.3) is 5.91 Å². The molecule has 2 aromatic carbocycles. The lowest BCUT2D eigenvalue weighted by Crippen LogP contribution is -2.38. The van der Waals surface area contributed by atoms with Gasteiger partial charge in [-0.3, -0.25) is 4.79 Å². The molecule has 3 aromatic rings. The van der Waals surface area contributed by atoms with Crippen molar-refractivity contribution in [3.8, 4) is 11.6 Å². The van der Waals surface area contributed by atoms with Crippen LogP contribution in [0.15, 0.2) is 42.5 Å². The molecule has 0 unspecified atom stereocenters. The molecular weight excluding hydrogens is 463 g/mol. The van der Waals surface area contributed by atoms with Crippen LogP contribution >= 0.6 is 0 Å². The first kappa shape index (κ1) is 24.6. The van der Waals surface area contributed by atoms with Crippen molar-refractivity contribution < 1.29 is 32.2 Å². The lowest BCUT2D eigenvalue weighted by molar-refractivity contribution is -0.190. The zero-order chi connectivity index (χ0) is 25.3. The van der Waals surface area contributed by atoms with Crippen LogP contribution in [0.25, 0.3) is 10.9 Å². The fraction of sp³-hybridized carbons (Fsp3) is 0.360. The number of nitrogens with two attached hydrogens (primary N) is 1. The van der Waals surface area contributed by atoms with Gasteiger partial charge in [0, 0.05) is 32.1 Å². The summed E-state index contributed by atoms with van der Waals surface area (Å²) in [4.78, 5) is 26.9. The van der Waals surface area contributed by atoms with E-state index < -0.39 is 23.9 Å². The molecule has 186 valence electrons. The number of likely N-dealkylation sites (tertiary alicyclic amines) is 1. The first-order chi connectivity index (χ1) is 16.6. The monoisotopic (exact) mass is 489 g/mol. The minimum atomic E-state index is -5.20. The van der Waals surface area contributed by atoms with Crippen molar-refractivity contribution in [1.29, 1.82) is 0 Å². The number of carbonyl (C=O) groups is 2. The number of fused-ring (bicyclic) bond motifs is 1. The van der Waals surface area contributed by atoms with E-state index in [1.54, 1.807) is 23.1 Å². The molecule has 0 radical (unpaired) electrons. The lowest BCUT2D eigenvalue weighted by atomic mass is 9.88. The van der Waals surface area contributed by atoms with E-state index in [4.69, 9.17) is 15.2 Å². The fourth-order valence-corrected chi connectivity index (χ4v) is 4.55. The highest BCUT2D eigenvalue weighted by atomic mass is 19.4. The van der Waals surface area contributed by atoms with Gasteiger partial charge in [-0.2, -0.15) is 13.2 Å². The van der Waals surface area contributed by atoms with E-state index in [0.717, 1.165) is 11.1 Å². The van der Waals surface area contributed by atoms with Crippen molar-refractivity contribution in [2.45, 2.75) is 31.5 Å². The van der Waals surface area contributed by atoms with Crippen molar-refractivity contribution in [3.63, 3.8) is 0 Å². The van der Waals surface area contributed by atoms with Crippen LogP contribution < -0.4 is 15.2 Å². The second-order valence-electron chi connectivity index (χ2n) is 8.53. The molecule has 1 aromatic heterocycles. The molecule has 1 fully saturated rings. The van der Waals surface area contributed by atoms with Gasteiger partial charge in [-0.05, 0) is 48.1 Å². The number of alkyl halides is 3. The average Bonchev–Trinajstić information content (AvgIpc) is 3.13. The number of ether oxygens (including phenoxy) is 2. The number of hydrogen-bond donors (Lipinski definition) is 1. The number of aryl methyl sites for hydroxylation is 1. The minimum Gasteiger partial charge on any atom is -0.497 e. The first-order valence-electron chi connectivity index (χ1n) is 11.2. The largest absolute Gasteiger partial charge is 0.497 e. The van der Waals surface area contributed by atoms with Crippen LogP contribution in [0.5, 0.6) is 11.6 Å². The van der Waals surface area contributed by atoms with Gasteiger partial charge >= 0.3 is 12.1 Å². The van der Waals surface area contributed by atoms with Crippen LogP contribution in [0.3, 0.4) is 0 Å². The summed E-state index contributed by atoms with van der Waals surface area (Å²) in [6.07, 6.45) is -3.83. The molecule has 2 heterocycles. The highest BCUT2D eigenvalue weighted by Gasteiger charge is 2.43. The number of benzene rings is 2. The van der Waals surface area contributed by atoms with E-state index >= 15 is 0 Å². The van der Waals surface area contributed by atoms with Gasteiger partial charge < -0.3 is 24.7 Å². The predicted octanol–water partition coefficient (Wildman–Crippen LogP) is 4.13. The van der Waals surface area contributed by atoms with Crippen molar-refractivity contribution >= 4 is 22.8 Å². The lowest BCUT2D eigenvalue weighted by Gasteiger charge is -2.32. The SMILES string of the molecule is COc1ccc2c(c1)c(C(=O)N1CCC(c3cccc(CN)c3)CC1)c(OC(=O)C(F)(F)F)n2C. The summed E-state index contributed by atoms with van der Waals surface area (Å²) < 4.78 is 50.2. The standard InChI is InChI=1S/C25H26F3N3O4/c1-30-20-7-6-18(34-2)13-19(20)21(23(30)35-24(33)25(26,27)28)22(32)31-10-8-16(9-11-31)17-5-3-4-15(12-17)14-29/h3-7,12-13,16H,8-11,14,29H2,1-2H3. The normalized spacial score (nSPS) is 14.9. The Kier molecular flexibility index (Phi) is 6.75. The molecular formula is C25H26F3N3O4. The molecule has 1 saturated heterocycles. The Labute approximate surface area is 200 Å². The highest BCUT2D eigenvalue weighted by molar-refractivity contribution is 6.10. The van der Waals surface area contributed by atoms with Crippen LogP contribution in [0.2, 0.25) is 0 Å². The molecule has 0 saturated carbocycles. The second kappa shape index (κ2) is 9.61. The molecule has 0 aliphatic carbocycles. The Morgan fingerprint density at radius 3 is 2.46 bits per heavy atom. The fourth-order valence-electron chi connectivity index (χ4n) is 4.55. The number of piperidine rings is 1. The smallest absolute Gasteiger partial charge is 0.491 e. The minimum absolute atomic E-state index is 0.0948. The summed E-state index contributed by atoms with van der Waals surface area (Å²) in [6.45, 7) is 1.25. The Bertz CT molecular complexity index is 1260. The van der Waals surface area contributed by atoms with E-state index in [0.29, 0.717) is 49.1 Å². The number of rotatable bonds is 5. The molecule has 4 rings (SSSR count). The topological polar surface area (TPSA) is 86.8 Å². The summed E-state index contributed by atoms with van der Waals surface area (Å²) in [5, 5.41) is 0.347. The van der Waals surface area contributed by atoms with E-state index in [9.17, 15) is 22.8 Å². The van der Waals surface area contributed by atoms with Crippen LogP contribution in [0, 0.1) is 0 Å². The third-order valence-electron chi connectivity index (χ3n) is 6.43. The number of carbonyl (C=O) groups excluding carboxylic acids is 2. The summed E-state index contributed by atoms with van der Waals surface area (Å²) >= 11 is 0. The van der Waals surface area contributed by atoms with Crippen molar-refractivity contribution in [3.05, 3.63) is 59.2 Å². The molecule has 1 aliphatic rings. The van der Waals surface area contributed by atoms with E-state index in [2.05, 4.69) is 6.07 Å². The number of esters is 1. The first-order valence-corrected chi connectivity index (χ1v) is 11.2. The van der Waals surface area contributed by atoms with Crippen LogP contribution in [0.1, 0.15) is 40.2 Å². The van der Waals surface area contributed by atoms with Crippen molar-refractivity contribution in [1.82, 2.24) is 9.47 Å². The van der Waals surface area contributed by atoms with Crippen LogP contribution in [0.4, 0.5) is 13.2 Å². The number of halogens is 3.